The molecule has 0 aliphatic rings. The van der Waals surface area contributed by atoms with Gasteiger partial charge in [-0.05, 0) is 11.6 Å². The van der Waals surface area contributed by atoms with Crippen LogP contribution >= 0.6 is 0 Å². The maximum atomic E-state index is 6.01. The Morgan fingerprint density at radius 3 is 2.36 bits per heavy atom. The fraction of sp³-hybridized carbons (Fsp3) is 0.100. The quantitative estimate of drug-likeness (QED) is 0.508. The third-order valence-corrected chi connectivity index (χ3v) is 3.85. The molecule has 0 aliphatic carbocycles. The van der Waals surface area contributed by atoms with Crippen LogP contribution in [0.1, 0.15) is 11.1 Å². The lowest BCUT2D eigenvalue weighted by atomic mass is 10.1. The van der Waals surface area contributed by atoms with Crippen LogP contribution in [0, 0.1) is 0 Å². The first-order valence-corrected chi connectivity index (χ1v) is 7.42. The van der Waals surface area contributed by atoms with E-state index >= 15 is 0 Å². The van der Waals surface area contributed by atoms with Gasteiger partial charge in [-0.15, -0.1) is 0 Å². The van der Waals surface area contributed by atoms with Gasteiger partial charge in [0, 0.05) is 16.3 Å². The highest BCUT2D eigenvalue weighted by atomic mass is 16.5. The Kier molecular flexibility index (Phi) is 3.37. The molecular formula is C20H16O2. The van der Waals surface area contributed by atoms with E-state index in [1.807, 2.05) is 36.4 Å². The summed E-state index contributed by atoms with van der Waals surface area (Å²) in [6.07, 6.45) is 0. The maximum Gasteiger partial charge on any atom is 0.140 e. The Morgan fingerprint density at radius 1 is 0.682 bits per heavy atom. The zero-order valence-corrected chi connectivity index (χ0v) is 12.2. The van der Waals surface area contributed by atoms with Crippen molar-refractivity contribution in [2.24, 2.45) is 0 Å². The zero-order valence-electron chi connectivity index (χ0n) is 12.2. The van der Waals surface area contributed by atoms with Crippen LogP contribution in [0.5, 0.6) is 0 Å². The van der Waals surface area contributed by atoms with E-state index in [4.69, 9.17) is 9.15 Å². The van der Waals surface area contributed by atoms with Gasteiger partial charge in [0.15, 0.2) is 0 Å². The Bertz CT molecular complexity index is 907. The molecule has 2 nitrogen and oxygen atoms in total. The number of furan rings is 1. The summed E-state index contributed by atoms with van der Waals surface area (Å²) in [7, 11) is 0. The molecule has 0 radical (unpaired) electrons. The van der Waals surface area contributed by atoms with Gasteiger partial charge in [-0.3, -0.25) is 0 Å². The summed E-state index contributed by atoms with van der Waals surface area (Å²) >= 11 is 0. The van der Waals surface area contributed by atoms with Crippen LogP contribution in [0.4, 0.5) is 0 Å². The fourth-order valence-corrected chi connectivity index (χ4v) is 2.77. The molecule has 3 aromatic carbocycles. The smallest absolute Gasteiger partial charge is 0.140 e. The van der Waals surface area contributed by atoms with E-state index in [0.717, 1.165) is 27.5 Å². The van der Waals surface area contributed by atoms with Crippen molar-refractivity contribution in [3.05, 3.63) is 83.9 Å². The maximum absolute atomic E-state index is 6.01. The Balaban J connectivity index is 1.61. The SMILES string of the molecule is c1ccc(COCc2cccc3c2oc2ccccc23)cc1. The van der Waals surface area contributed by atoms with Gasteiger partial charge < -0.3 is 9.15 Å². The average molecular weight is 288 g/mol. The molecule has 0 spiro atoms. The molecule has 1 heterocycles. The van der Waals surface area contributed by atoms with Crippen LogP contribution in [0.25, 0.3) is 21.9 Å². The molecule has 0 amide bonds. The first-order valence-electron chi connectivity index (χ1n) is 7.42. The molecule has 0 N–H and O–H groups in total. The number of hydrogen-bond donors (Lipinski definition) is 0. The van der Waals surface area contributed by atoms with E-state index < -0.39 is 0 Å². The molecule has 4 aromatic rings. The summed E-state index contributed by atoms with van der Waals surface area (Å²) < 4.78 is 11.9. The average Bonchev–Trinajstić information content (AvgIpc) is 2.96. The minimum atomic E-state index is 0.548. The number of benzene rings is 3. The summed E-state index contributed by atoms with van der Waals surface area (Å²) in [5, 5.41) is 2.30. The second-order valence-corrected chi connectivity index (χ2v) is 5.37. The van der Waals surface area contributed by atoms with Crippen LogP contribution in [0.3, 0.4) is 0 Å². The first kappa shape index (κ1) is 13.1. The third kappa shape index (κ3) is 2.38. The van der Waals surface area contributed by atoms with Gasteiger partial charge >= 0.3 is 0 Å². The summed E-state index contributed by atoms with van der Waals surface area (Å²) in [5.41, 5.74) is 4.12. The highest BCUT2D eigenvalue weighted by molar-refractivity contribution is 6.05. The lowest BCUT2D eigenvalue weighted by Gasteiger charge is -2.05. The largest absolute Gasteiger partial charge is 0.456 e. The van der Waals surface area contributed by atoms with Gasteiger partial charge in [0.1, 0.15) is 11.2 Å². The van der Waals surface area contributed by atoms with E-state index in [1.165, 1.54) is 5.56 Å². The molecule has 1 aromatic heterocycles. The van der Waals surface area contributed by atoms with Crippen LogP contribution in [-0.4, -0.2) is 0 Å². The van der Waals surface area contributed by atoms with E-state index in [-0.39, 0.29) is 0 Å². The van der Waals surface area contributed by atoms with Crippen LogP contribution < -0.4 is 0 Å². The summed E-state index contributed by atoms with van der Waals surface area (Å²) in [6.45, 7) is 1.16. The summed E-state index contributed by atoms with van der Waals surface area (Å²) in [5.74, 6) is 0. The number of para-hydroxylation sites is 2. The highest BCUT2D eigenvalue weighted by Crippen LogP contribution is 2.30. The van der Waals surface area contributed by atoms with Gasteiger partial charge in [0.25, 0.3) is 0 Å². The van der Waals surface area contributed by atoms with Gasteiger partial charge in [-0.1, -0.05) is 66.7 Å². The molecule has 0 bridgehead atoms. The van der Waals surface area contributed by atoms with E-state index in [9.17, 15) is 0 Å². The number of rotatable bonds is 4. The third-order valence-electron chi connectivity index (χ3n) is 3.85. The standard InChI is InChI=1S/C20H16O2/c1-2-7-15(8-3-1)13-21-14-16-9-6-11-18-17-10-4-5-12-19(17)22-20(16)18/h1-12H,13-14H2. The molecule has 108 valence electrons. The van der Waals surface area contributed by atoms with Gasteiger partial charge in [-0.2, -0.15) is 0 Å². The lowest BCUT2D eigenvalue weighted by Crippen LogP contribution is -1.94. The fourth-order valence-electron chi connectivity index (χ4n) is 2.77. The van der Waals surface area contributed by atoms with Crippen molar-refractivity contribution in [2.75, 3.05) is 0 Å². The Morgan fingerprint density at radius 2 is 1.45 bits per heavy atom. The minimum absolute atomic E-state index is 0.548. The topological polar surface area (TPSA) is 22.4 Å². The molecule has 0 saturated heterocycles. The molecule has 0 fully saturated rings. The molecular weight excluding hydrogens is 272 g/mol. The number of ether oxygens (including phenoxy) is 1. The summed E-state index contributed by atoms with van der Waals surface area (Å²) in [4.78, 5) is 0. The van der Waals surface area contributed by atoms with Crippen molar-refractivity contribution in [1.82, 2.24) is 0 Å². The van der Waals surface area contributed by atoms with Gasteiger partial charge in [0.05, 0.1) is 13.2 Å². The molecule has 0 saturated carbocycles. The van der Waals surface area contributed by atoms with Crippen molar-refractivity contribution >= 4 is 21.9 Å². The monoisotopic (exact) mass is 288 g/mol. The van der Waals surface area contributed by atoms with E-state index in [2.05, 4.69) is 36.4 Å². The Hall–Kier alpha value is -2.58. The van der Waals surface area contributed by atoms with E-state index in [0.29, 0.717) is 13.2 Å². The van der Waals surface area contributed by atoms with Gasteiger partial charge in [-0.25, -0.2) is 0 Å². The number of hydrogen-bond acceptors (Lipinski definition) is 2. The van der Waals surface area contributed by atoms with E-state index in [1.54, 1.807) is 0 Å². The predicted molar refractivity (Wildman–Crippen MR) is 88.7 cm³/mol. The van der Waals surface area contributed by atoms with Crippen molar-refractivity contribution in [3.8, 4) is 0 Å². The van der Waals surface area contributed by atoms with Crippen LogP contribution in [0.15, 0.2) is 77.2 Å². The molecule has 2 heteroatoms. The molecule has 22 heavy (non-hydrogen) atoms. The number of fused-ring (bicyclic) bond motifs is 3. The summed E-state index contributed by atoms with van der Waals surface area (Å²) in [6, 6.07) is 24.6. The predicted octanol–water partition coefficient (Wildman–Crippen LogP) is 5.30. The zero-order chi connectivity index (χ0) is 14.8. The van der Waals surface area contributed by atoms with Crippen molar-refractivity contribution < 1.29 is 9.15 Å². The second kappa shape index (κ2) is 5.66. The molecule has 0 unspecified atom stereocenters. The van der Waals surface area contributed by atoms with Crippen LogP contribution in [-0.2, 0) is 18.0 Å². The minimum Gasteiger partial charge on any atom is -0.456 e. The van der Waals surface area contributed by atoms with Gasteiger partial charge in [0.2, 0.25) is 0 Å². The lowest BCUT2D eigenvalue weighted by molar-refractivity contribution is 0.107. The van der Waals surface area contributed by atoms with Crippen molar-refractivity contribution in [2.45, 2.75) is 13.2 Å². The second-order valence-electron chi connectivity index (χ2n) is 5.37. The van der Waals surface area contributed by atoms with Crippen molar-refractivity contribution in [1.29, 1.82) is 0 Å². The first-order chi connectivity index (χ1) is 10.9. The molecule has 0 aliphatic heterocycles. The van der Waals surface area contributed by atoms with Crippen LogP contribution in [0.2, 0.25) is 0 Å². The Labute approximate surface area is 128 Å². The molecule has 0 atom stereocenters. The molecule has 4 rings (SSSR count). The normalized spacial score (nSPS) is 11.3. The highest BCUT2D eigenvalue weighted by Gasteiger charge is 2.09. The van der Waals surface area contributed by atoms with Crippen molar-refractivity contribution in [3.63, 3.8) is 0 Å².